The molecule has 2 N–H and O–H groups in total. The predicted molar refractivity (Wildman–Crippen MR) is 139 cm³/mol. The molecule has 1 aliphatic carbocycles. The third-order valence-corrected chi connectivity index (χ3v) is 7.73. The number of nitrogens with one attached hydrogen (secondary N) is 1. The maximum atomic E-state index is 13.1. The molecule has 2 aromatic carbocycles. The lowest BCUT2D eigenvalue weighted by Gasteiger charge is -2.35. The summed E-state index contributed by atoms with van der Waals surface area (Å²) in [7, 11) is 0. The number of phenols is 1. The number of hydrogen-bond donors (Lipinski definition) is 2. The highest BCUT2D eigenvalue weighted by molar-refractivity contribution is 5.78. The largest absolute Gasteiger partial charge is 0.505 e. The zero-order valence-corrected chi connectivity index (χ0v) is 21.1. The van der Waals surface area contributed by atoms with E-state index in [1.165, 1.54) is 4.68 Å². The molecule has 2 heterocycles. The van der Waals surface area contributed by atoms with Crippen molar-refractivity contribution >= 4 is 17.3 Å². The minimum atomic E-state index is -0.291. The van der Waals surface area contributed by atoms with E-state index in [-0.39, 0.29) is 34.9 Å². The van der Waals surface area contributed by atoms with Crippen LogP contribution in [-0.2, 0) is 4.79 Å². The smallest absolute Gasteiger partial charge is 0.299 e. The van der Waals surface area contributed by atoms with E-state index >= 15 is 0 Å². The Morgan fingerprint density at radius 3 is 2.58 bits per heavy atom. The maximum Gasteiger partial charge on any atom is 0.299 e. The third-order valence-electron chi connectivity index (χ3n) is 7.73. The Morgan fingerprint density at radius 2 is 1.83 bits per heavy atom. The number of hydrogen-bond acceptors (Lipinski definition) is 5. The lowest BCUT2D eigenvalue weighted by Crippen LogP contribution is -2.39. The van der Waals surface area contributed by atoms with Gasteiger partial charge in [-0.1, -0.05) is 24.6 Å². The fourth-order valence-electron chi connectivity index (χ4n) is 5.55. The Bertz CT molecular complexity index is 1390. The fraction of sp³-hybridized carbons (Fsp3) is 0.429. The molecule has 1 aromatic heterocycles. The van der Waals surface area contributed by atoms with E-state index in [1.807, 2.05) is 49.1 Å². The summed E-state index contributed by atoms with van der Waals surface area (Å²) in [5, 5.41) is 22.7. The first-order valence-electron chi connectivity index (χ1n) is 12.8. The number of rotatable bonds is 5. The van der Waals surface area contributed by atoms with E-state index in [4.69, 9.17) is 0 Å². The molecule has 1 aliphatic heterocycles. The van der Waals surface area contributed by atoms with Crippen LogP contribution in [0, 0.1) is 20.8 Å². The number of aromatic nitrogens is 2. The third kappa shape index (κ3) is 4.47. The number of aromatic amines is 1. The summed E-state index contributed by atoms with van der Waals surface area (Å²) in [6, 6.07) is 11.6. The number of azo groups is 1. The standard InChI is InChI=1S/C28H33N5O3/c1-17-12-13-22(15-18(17)2)33-28(36)26(19(3)31-33)30-29-24-10-5-9-23(27(24)35)20-7-4-8-21(16-20)32-14-6-11-25(32)34/h5,9-10,12-13,15,20-21,31,35H,4,6-8,11,14,16H2,1-3H3. The van der Waals surface area contributed by atoms with Crippen molar-refractivity contribution in [1.82, 2.24) is 14.7 Å². The number of amides is 1. The molecule has 1 saturated carbocycles. The van der Waals surface area contributed by atoms with Crippen molar-refractivity contribution in [2.45, 2.75) is 71.3 Å². The van der Waals surface area contributed by atoms with Gasteiger partial charge in [0.1, 0.15) is 11.4 Å². The summed E-state index contributed by atoms with van der Waals surface area (Å²) in [5.74, 6) is 0.506. The van der Waals surface area contributed by atoms with Crippen molar-refractivity contribution < 1.29 is 9.90 Å². The molecule has 5 rings (SSSR count). The number of nitrogens with zero attached hydrogens (tertiary/aromatic N) is 4. The van der Waals surface area contributed by atoms with Gasteiger partial charge in [-0.25, -0.2) is 4.68 Å². The Hall–Kier alpha value is -3.68. The number of benzene rings is 2. The van der Waals surface area contributed by atoms with Gasteiger partial charge in [-0.3, -0.25) is 14.7 Å². The Morgan fingerprint density at radius 1 is 1.00 bits per heavy atom. The van der Waals surface area contributed by atoms with Gasteiger partial charge in [0.15, 0.2) is 5.69 Å². The van der Waals surface area contributed by atoms with Gasteiger partial charge < -0.3 is 10.0 Å². The number of phenolic OH excluding ortho intramolecular Hbond substituents is 1. The molecule has 1 saturated heterocycles. The second-order valence-corrected chi connectivity index (χ2v) is 10.1. The topological polar surface area (TPSA) is 103 Å². The molecule has 2 aliphatic rings. The first-order valence-corrected chi connectivity index (χ1v) is 12.8. The van der Waals surface area contributed by atoms with Gasteiger partial charge >= 0.3 is 0 Å². The van der Waals surface area contributed by atoms with E-state index in [2.05, 4.69) is 15.3 Å². The molecule has 36 heavy (non-hydrogen) atoms. The molecule has 0 bridgehead atoms. The maximum absolute atomic E-state index is 13.1. The zero-order valence-electron chi connectivity index (χ0n) is 21.1. The predicted octanol–water partition coefficient (Wildman–Crippen LogP) is 5.86. The second kappa shape index (κ2) is 9.76. The quantitative estimate of drug-likeness (QED) is 0.441. The molecule has 8 nitrogen and oxygen atoms in total. The zero-order chi connectivity index (χ0) is 25.4. The van der Waals surface area contributed by atoms with Crippen molar-refractivity contribution in [3.8, 4) is 11.4 Å². The highest BCUT2D eigenvalue weighted by Crippen LogP contribution is 2.43. The highest BCUT2D eigenvalue weighted by Gasteiger charge is 2.33. The van der Waals surface area contributed by atoms with Gasteiger partial charge in [0.25, 0.3) is 5.56 Å². The van der Waals surface area contributed by atoms with Crippen molar-refractivity contribution in [3.63, 3.8) is 0 Å². The Balaban J connectivity index is 1.39. The number of aromatic hydroxyl groups is 1. The van der Waals surface area contributed by atoms with Crippen LogP contribution in [0.15, 0.2) is 51.4 Å². The van der Waals surface area contributed by atoms with Gasteiger partial charge in [0.2, 0.25) is 5.91 Å². The van der Waals surface area contributed by atoms with Gasteiger partial charge in [-0.15, -0.1) is 10.2 Å². The average Bonchev–Trinajstić information content (AvgIpc) is 3.42. The van der Waals surface area contributed by atoms with Crippen LogP contribution in [-0.4, -0.2) is 38.3 Å². The summed E-state index contributed by atoms with van der Waals surface area (Å²) in [4.78, 5) is 27.4. The molecule has 188 valence electrons. The number of para-hydroxylation sites is 1. The van der Waals surface area contributed by atoms with Crippen LogP contribution < -0.4 is 5.56 Å². The molecule has 8 heteroatoms. The van der Waals surface area contributed by atoms with Gasteiger partial charge in [0.05, 0.1) is 11.4 Å². The molecular weight excluding hydrogens is 454 g/mol. The van der Waals surface area contributed by atoms with Crippen molar-refractivity contribution in [2.75, 3.05) is 6.54 Å². The first-order chi connectivity index (χ1) is 17.3. The number of carbonyl (C=O) groups is 1. The lowest BCUT2D eigenvalue weighted by molar-refractivity contribution is -0.130. The minimum absolute atomic E-state index is 0.0994. The fourth-order valence-corrected chi connectivity index (χ4v) is 5.55. The van der Waals surface area contributed by atoms with Gasteiger partial charge in [-0.05, 0) is 87.3 Å². The number of likely N-dealkylation sites (tertiary alicyclic amines) is 1. The van der Waals surface area contributed by atoms with Gasteiger partial charge in [-0.2, -0.15) is 0 Å². The van der Waals surface area contributed by atoms with Crippen LogP contribution in [0.3, 0.4) is 0 Å². The van der Waals surface area contributed by atoms with E-state index in [0.717, 1.165) is 61.0 Å². The molecular formula is C28H33N5O3. The van der Waals surface area contributed by atoms with Crippen molar-refractivity contribution in [1.29, 1.82) is 0 Å². The summed E-state index contributed by atoms with van der Waals surface area (Å²) >= 11 is 0. The molecule has 2 unspecified atom stereocenters. The summed E-state index contributed by atoms with van der Waals surface area (Å²) in [6.45, 7) is 6.66. The van der Waals surface area contributed by atoms with E-state index < -0.39 is 0 Å². The van der Waals surface area contributed by atoms with E-state index in [1.54, 1.807) is 13.0 Å². The lowest BCUT2D eigenvalue weighted by atomic mass is 9.80. The average molecular weight is 488 g/mol. The van der Waals surface area contributed by atoms with Crippen LogP contribution in [0.4, 0.5) is 11.4 Å². The number of aryl methyl sites for hydroxylation is 3. The molecule has 1 amide bonds. The highest BCUT2D eigenvalue weighted by atomic mass is 16.3. The molecule has 2 atom stereocenters. The van der Waals surface area contributed by atoms with Crippen LogP contribution in [0.25, 0.3) is 5.69 Å². The first kappa shape index (κ1) is 24.0. The van der Waals surface area contributed by atoms with Crippen LogP contribution in [0.2, 0.25) is 0 Å². The Labute approximate surface area is 210 Å². The molecule has 2 fully saturated rings. The second-order valence-electron chi connectivity index (χ2n) is 10.1. The van der Waals surface area contributed by atoms with Crippen molar-refractivity contribution in [2.24, 2.45) is 10.2 Å². The normalized spacial score (nSPS) is 20.5. The van der Waals surface area contributed by atoms with Crippen LogP contribution in [0.1, 0.15) is 66.8 Å². The summed E-state index contributed by atoms with van der Waals surface area (Å²) in [5.41, 5.74) is 4.68. The van der Waals surface area contributed by atoms with E-state index in [9.17, 15) is 14.7 Å². The monoisotopic (exact) mass is 487 g/mol. The molecule has 0 radical (unpaired) electrons. The van der Waals surface area contributed by atoms with Gasteiger partial charge in [0, 0.05) is 19.0 Å². The number of carbonyl (C=O) groups excluding carboxylic acids is 1. The number of H-pyrrole nitrogens is 1. The minimum Gasteiger partial charge on any atom is -0.505 e. The van der Waals surface area contributed by atoms with Crippen molar-refractivity contribution in [3.05, 3.63) is 69.1 Å². The Kier molecular flexibility index (Phi) is 6.51. The summed E-state index contributed by atoms with van der Waals surface area (Å²) < 4.78 is 1.47. The van der Waals surface area contributed by atoms with E-state index in [0.29, 0.717) is 17.8 Å². The molecule has 3 aromatic rings. The van der Waals surface area contributed by atoms with Crippen LogP contribution >= 0.6 is 0 Å². The SMILES string of the molecule is Cc1ccc(-n2[nH]c(C)c(N=Nc3cccc(C4CCCC(N5CCCC5=O)C4)c3O)c2=O)cc1C. The van der Waals surface area contributed by atoms with Crippen LogP contribution in [0.5, 0.6) is 5.75 Å². The molecule has 0 spiro atoms. The summed E-state index contributed by atoms with van der Waals surface area (Å²) in [6.07, 6.45) is 5.42.